The third-order valence-corrected chi connectivity index (χ3v) is 6.20. The second kappa shape index (κ2) is 7.81. The van der Waals surface area contributed by atoms with Crippen LogP contribution >= 0.6 is 0 Å². The molecule has 9 heteroatoms. The van der Waals surface area contributed by atoms with Crippen LogP contribution in [0.1, 0.15) is 52.0 Å². The van der Waals surface area contributed by atoms with Gasteiger partial charge in [-0.25, -0.2) is 14.4 Å². The van der Waals surface area contributed by atoms with Gasteiger partial charge >= 0.3 is 0 Å². The van der Waals surface area contributed by atoms with Gasteiger partial charge in [0, 0.05) is 31.0 Å². The summed E-state index contributed by atoms with van der Waals surface area (Å²) in [7, 11) is 1.74. The summed E-state index contributed by atoms with van der Waals surface area (Å²) in [6, 6.07) is 7.55. The van der Waals surface area contributed by atoms with E-state index in [4.69, 9.17) is 9.97 Å². The van der Waals surface area contributed by atoms with Crippen molar-refractivity contribution in [3.05, 3.63) is 70.7 Å². The number of nitrogens with zero attached hydrogens (tertiary/aromatic N) is 6. The molecule has 8 nitrogen and oxygen atoms in total. The highest BCUT2D eigenvalue weighted by atomic mass is 19.1. The lowest BCUT2D eigenvalue weighted by atomic mass is 10.1. The van der Waals surface area contributed by atoms with Crippen molar-refractivity contribution in [2.75, 3.05) is 11.4 Å². The van der Waals surface area contributed by atoms with E-state index in [9.17, 15) is 14.0 Å². The van der Waals surface area contributed by atoms with Gasteiger partial charge in [0.2, 0.25) is 5.91 Å². The second-order valence-corrected chi connectivity index (χ2v) is 8.25. The Morgan fingerprint density at radius 1 is 1.19 bits per heavy atom. The van der Waals surface area contributed by atoms with Gasteiger partial charge in [-0.1, -0.05) is 12.1 Å². The Kier molecular flexibility index (Phi) is 4.96. The summed E-state index contributed by atoms with van der Waals surface area (Å²) in [6.45, 7) is 2.80. The maximum Gasteiger partial charge on any atom is 0.272 e. The van der Waals surface area contributed by atoms with Gasteiger partial charge < -0.3 is 4.90 Å². The fourth-order valence-corrected chi connectivity index (χ4v) is 4.49. The van der Waals surface area contributed by atoms with E-state index in [0.717, 1.165) is 29.7 Å². The number of carbonyl (C=O) groups is 2. The molecule has 1 unspecified atom stereocenters. The third kappa shape index (κ3) is 3.43. The Hall–Kier alpha value is -3.62. The number of halogens is 1. The molecular formula is C23H23FN6O2. The molecule has 3 aromatic rings. The van der Waals surface area contributed by atoms with Crippen LogP contribution in [0.5, 0.6) is 0 Å². The quantitative estimate of drug-likeness (QED) is 0.631. The largest absolute Gasteiger partial charge is 0.327 e. The molecule has 164 valence electrons. The molecule has 1 saturated heterocycles. The molecule has 0 spiro atoms. The summed E-state index contributed by atoms with van der Waals surface area (Å²) in [6.07, 6.45) is 3.46. The van der Waals surface area contributed by atoms with Crippen molar-refractivity contribution in [3.8, 4) is 0 Å². The van der Waals surface area contributed by atoms with E-state index < -0.39 is 0 Å². The van der Waals surface area contributed by atoms with Crippen molar-refractivity contribution in [1.82, 2.24) is 24.6 Å². The standard InChI is InChI=1S/C23H23FN6O2/c1-14-17-12-20(31)30(13-15-5-7-16(24)8-6-15)22(17)27-21(26-14)18-4-3-11-29(18)23(32)19-9-10-25-28(19)2/h5-10,18H,3-4,11-13H2,1-2H3. The number of likely N-dealkylation sites (tertiary alicyclic amines) is 1. The summed E-state index contributed by atoms with van der Waals surface area (Å²) in [5.41, 5.74) is 2.89. The first kappa shape index (κ1) is 20.3. The van der Waals surface area contributed by atoms with Crippen molar-refractivity contribution < 1.29 is 14.0 Å². The van der Waals surface area contributed by atoms with Crippen molar-refractivity contribution in [3.63, 3.8) is 0 Å². The number of carbonyl (C=O) groups excluding carboxylic acids is 2. The molecule has 1 atom stereocenters. The van der Waals surface area contributed by atoms with Crippen molar-refractivity contribution in [2.45, 2.75) is 38.8 Å². The van der Waals surface area contributed by atoms with Gasteiger partial charge in [0.05, 0.1) is 19.0 Å². The maximum absolute atomic E-state index is 13.3. The van der Waals surface area contributed by atoms with Gasteiger partial charge in [0.25, 0.3) is 5.91 Å². The number of hydrogen-bond acceptors (Lipinski definition) is 5. The molecule has 4 heterocycles. The lowest BCUT2D eigenvalue weighted by Gasteiger charge is -2.25. The summed E-state index contributed by atoms with van der Waals surface area (Å²) in [5.74, 6) is 0.651. The van der Waals surface area contributed by atoms with E-state index in [2.05, 4.69) is 5.10 Å². The topological polar surface area (TPSA) is 84.2 Å². The Bertz CT molecular complexity index is 1210. The normalized spacial score (nSPS) is 17.8. The Labute approximate surface area is 184 Å². The molecule has 5 rings (SSSR count). The molecule has 32 heavy (non-hydrogen) atoms. The molecule has 0 N–H and O–H groups in total. The van der Waals surface area contributed by atoms with Gasteiger partial charge in [0.1, 0.15) is 17.3 Å². The molecule has 2 aliphatic rings. The van der Waals surface area contributed by atoms with Gasteiger partial charge in [0.15, 0.2) is 5.82 Å². The number of hydrogen-bond donors (Lipinski definition) is 0. The van der Waals surface area contributed by atoms with Crippen molar-refractivity contribution in [1.29, 1.82) is 0 Å². The molecule has 2 aliphatic heterocycles. The van der Waals surface area contributed by atoms with E-state index in [1.807, 2.05) is 6.92 Å². The van der Waals surface area contributed by atoms with Crippen LogP contribution in [-0.4, -0.2) is 43.0 Å². The fourth-order valence-electron chi connectivity index (χ4n) is 4.49. The highest BCUT2D eigenvalue weighted by molar-refractivity contribution is 6.00. The molecule has 0 saturated carbocycles. The zero-order valence-electron chi connectivity index (χ0n) is 18.0. The van der Waals surface area contributed by atoms with Crippen molar-refractivity contribution in [2.24, 2.45) is 7.05 Å². The minimum atomic E-state index is -0.318. The molecular weight excluding hydrogens is 411 g/mol. The molecule has 2 aromatic heterocycles. The highest BCUT2D eigenvalue weighted by Crippen LogP contribution is 2.36. The number of aryl methyl sites for hydroxylation is 2. The average Bonchev–Trinajstić information content (AvgIpc) is 3.49. The Morgan fingerprint density at radius 2 is 1.97 bits per heavy atom. The number of rotatable bonds is 4. The number of anilines is 1. The van der Waals surface area contributed by atoms with Crippen LogP contribution in [0.3, 0.4) is 0 Å². The van der Waals surface area contributed by atoms with Crippen LogP contribution < -0.4 is 4.90 Å². The lowest BCUT2D eigenvalue weighted by Crippen LogP contribution is -2.33. The zero-order chi connectivity index (χ0) is 22.4. The average molecular weight is 434 g/mol. The molecule has 1 aromatic carbocycles. The number of benzene rings is 1. The predicted octanol–water partition coefficient (Wildman–Crippen LogP) is 2.72. The van der Waals surface area contributed by atoms with E-state index in [1.165, 1.54) is 12.1 Å². The van der Waals surface area contributed by atoms with Crippen LogP contribution in [0, 0.1) is 12.7 Å². The first-order valence-electron chi connectivity index (χ1n) is 10.6. The van der Waals surface area contributed by atoms with Crippen LogP contribution in [0.2, 0.25) is 0 Å². The minimum Gasteiger partial charge on any atom is -0.327 e. The smallest absolute Gasteiger partial charge is 0.272 e. The van der Waals surface area contributed by atoms with E-state index in [1.54, 1.807) is 45.9 Å². The summed E-state index contributed by atoms with van der Waals surface area (Å²) in [4.78, 5) is 38.8. The minimum absolute atomic E-state index is 0.0619. The maximum atomic E-state index is 13.3. The summed E-state index contributed by atoms with van der Waals surface area (Å²) in [5, 5.41) is 4.10. The Balaban J connectivity index is 1.47. The van der Waals surface area contributed by atoms with Crippen molar-refractivity contribution >= 4 is 17.6 Å². The monoisotopic (exact) mass is 434 g/mol. The number of aromatic nitrogens is 4. The molecule has 0 radical (unpaired) electrons. The van der Waals surface area contributed by atoms with Crippen LogP contribution in [-0.2, 0) is 24.8 Å². The van der Waals surface area contributed by atoms with Crippen LogP contribution in [0.25, 0.3) is 0 Å². The van der Waals surface area contributed by atoms with Gasteiger partial charge in [-0.3, -0.25) is 19.2 Å². The number of fused-ring (bicyclic) bond motifs is 1. The molecule has 0 bridgehead atoms. The zero-order valence-corrected chi connectivity index (χ0v) is 18.0. The first-order valence-corrected chi connectivity index (χ1v) is 10.6. The van der Waals surface area contributed by atoms with E-state index in [-0.39, 0.29) is 30.1 Å². The third-order valence-electron chi connectivity index (χ3n) is 6.20. The van der Waals surface area contributed by atoms with Crippen LogP contribution in [0.15, 0.2) is 36.5 Å². The molecule has 2 amide bonds. The van der Waals surface area contributed by atoms with E-state index in [0.29, 0.717) is 30.4 Å². The second-order valence-electron chi connectivity index (χ2n) is 8.25. The summed E-state index contributed by atoms with van der Waals surface area (Å²) >= 11 is 0. The van der Waals surface area contributed by atoms with Gasteiger partial charge in [-0.05, 0) is 43.5 Å². The first-order chi connectivity index (χ1) is 15.4. The summed E-state index contributed by atoms with van der Waals surface area (Å²) < 4.78 is 14.8. The SMILES string of the molecule is Cc1nc(C2CCCN2C(=O)c2ccnn2C)nc2c1CC(=O)N2Cc1ccc(F)cc1. The van der Waals surface area contributed by atoms with Gasteiger partial charge in [-0.15, -0.1) is 0 Å². The lowest BCUT2D eigenvalue weighted by molar-refractivity contribution is -0.117. The highest BCUT2D eigenvalue weighted by Gasteiger charge is 2.37. The molecule has 1 fully saturated rings. The van der Waals surface area contributed by atoms with Gasteiger partial charge in [-0.2, -0.15) is 5.10 Å². The fraction of sp³-hybridized carbons (Fsp3) is 0.348. The van der Waals surface area contributed by atoms with E-state index >= 15 is 0 Å². The predicted molar refractivity (Wildman–Crippen MR) is 114 cm³/mol. The number of amides is 2. The molecule has 0 aliphatic carbocycles. The van der Waals surface area contributed by atoms with Crippen LogP contribution in [0.4, 0.5) is 10.2 Å². The Morgan fingerprint density at radius 3 is 2.69 bits per heavy atom.